The number of esters is 2. The maximum Gasteiger partial charge on any atom is 0.337 e. The number of hydrogen-bond donors (Lipinski definition) is 1. The van der Waals surface area contributed by atoms with Gasteiger partial charge in [-0.1, -0.05) is 0 Å². The van der Waals surface area contributed by atoms with Gasteiger partial charge in [0.2, 0.25) is 0 Å². The summed E-state index contributed by atoms with van der Waals surface area (Å²) in [5.41, 5.74) is 6.33. The smallest absolute Gasteiger partial charge is 0.337 e. The number of hydrogen-bond acceptors (Lipinski definition) is 8. The number of ether oxygens (including phenoxy) is 2. The molecular formula is C13H15N5O4. The molecule has 0 aliphatic carbocycles. The molecule has 9 nitrogen and oxygen atoms in total. The van der Waals surface area contributed by atoms with Gasteiger partial charge in [0.15, 0.2) is 5.82 Å². The van der Waals surface area contributed by atoms with Crippen molar-refractivity contribution >= 4 is 11.9 Å². The van der Waals surface area contributed by atoms with E-state index in [1.807, 2.05) is 0 Å². The van der Waals surface area contributed by atoms with Crippen molar-refractivity contribution in [3.8, 4) is 5.69 Å². The molecule has 0 aliphatic rings. The molecule has 0 spiro atoms. The topological polar surface area (TPSA) is 122 Å². The Labute approximate surface area is 126 Å². The molecule has 2 rings (SSSR count). The van der Waals surface area contributed by atoms with Crippen LogP contribution in [0.2, 0.25) is 0 Å². The fourth-order valence-electron chi connectivity index (χ4n) is 1.90. The van der Waals surface area contributed by atoms with Gasteiger partial charge in [-0.2, -0.15) is 4.68 Å². The Hall–Kier alpha value is -2.81. The van der Waals surface area contributed by atoms with Crippen LogP contribution in [0.4, 0.5) is 0 Å². The van der Waals surface area contributed by atoms with Gasteiger partial charge in [0.1, 0.15) is 0 Å². The highest BCUT2D eigenvalue weighted by atomic mass is 16.5. The van der Waals surface area contributed by atoms with Crippen molar-refractivity contribution in [2.45, 2.75) is 6.42 Å². The van der Waals surface area contributed by atoms with Crippen LogP contribution in [0.15, 0.2) is 18.2 Å². The third kappa shape index (κ3) is 3.09. The Balaban J connectivity index is 2.56. The summed E-state index contributed by atoms with van der Waals surface area (Å²) in [4.78, 5) is 23.5. The summed E-state index contributed by atoms with van der Waals surface area (Å²) in [5.74, 6) is -0.652. The summed E-state index contributed by atoms with van der Waals surface area (Å²) in [7, 11) is 2.51. The zero-order chi connectivity index (χ0) is 16.1. The van der Waals surface area contributed by atoms with Gasteiger partial charge in [-0.05, 0) is 35.2 Å². The van der Waals surface area contributed by atoms with Crippen LogP contribution in [-0.4, -0.2) is 52.9 Å². The van der Waals surface area contributed by atoms with Gasteiger partial charge >= 0.3 is 11.9 Å². The lowest BCUT2D eigenvalue weighted by molar-refractivity contribution is 0.0599. The molecule has 1 aromatic carbocycles. The number of rotatable bonds is 5. The highest BCUT2D eigenvalue weighted by Crippen LogP contribution is 2.17. The van der Waals surface area contributed by atoms with E-state index in [9.17, 15) is 9.59 Å². The molecule has 0 aliphatic heterocycles. The minimum absolute atomic E-state index is 0.189. The molecular weight excluding hydrogens is 290 g/mol. The molecule has 0 atom stereocenters. The molecule has 0 radical (unpaired) electrons. The zero-order valence-electron chi connectivity index (χ0n) is 12.1. The third-order valence-corrected chi connectivity index (χ3v) is 2.91. The van der Waals surface area contributed by atoms with Gasteiger partial charge in [0.25, 0.3) is 0 Å². The summed E-state index contributed by atoms with van der Waals surface area (Å²) < 4.78 is 10.8. The van der Waals surface area contributed by atoms with Gasteiger partial charge in [0.05, 0.1) is 31.0 Å². The Morgan fingerprint density at radius 1 is 1.14 bits per heavy atom. The van der Waals surface area contributed by atoms with Gasteiger partial charge in [-0.25, -0.2) is 9.59 Å². The lowest BCUT2D eigenvalue weighted by Crippen LogP contribution is -2.12. The van der Waals surface area contributed by atoms with Crippen LogP contribution < -0.4 is 5.73 Å². The van der Waals surface area contributed by atoms with E-state index in [0.717, 1.165) is 0 Å². The second kappa shape index (κ2) is 6.76. The molecule has 2 N–H and O–H groups in total. The van der Waals surface area contributed by atoms with Crippen LogP contribution in [0.3, 0.4) is 0 Å². The highest BCUT2D eigenvalue weighted by Gasteiger charge is 2.16. The highest BCUT2D eigenvalue weighted by molar-refractivity contribution is 5.96. The van der Waals surface area contributed by atoms with E-state index in [1.54, 1.807) is 0 Å². The first kappa shape index (κ1) is 15.6. The third-order valence-electron chi connectivity index (χ3n) is 2.91. The minimum atomic E-state index is -0.583. The van der Waals surface area contributed by atoms with Crippen LogP contribution in [-0.2, 0) is 15.9 Å². The Kier molecular flexibility index (Phi) is 4.79. The number of tetrazole rings is 1. The SMILES string of the molecule is COC(=O)c1cc(C(=O)OC)cc(-n2nnnc2CCN)c1. The van der Waals surface area contributed by atoms with E-state index in [-0.39, 0.29) is 11.1 Å². The average Bonchev–Trinajstić information content (AvgIpc) is 3.01. The van der Waals surface area contributed by atoms with Crippen LogP contribution in [0.5, 0.6) is 0 Å². The van der Waals surface area contributed by atoms with Crippen molar-refractivity contribution in [3.63, 3.8) is 0 Å². The molecule has 1 aromatic heterocycles. The van der Waals surface area contributed by atoms with E-state index in [1.165, 1.54) is 37.1 Å². The van der Waals surface area contributed by atoms with Crippen LogP contribution in [0, 0.1) is 0 Å². The molecule has 0 saturated carbocycles. The Morgan fingerprint density at radius 2 is 1.73 bits per heavy atom. The molecule has 0 amide bonds. The molecule has 22 heavy (non-hydrogen) atoms. The summed E-state index contributed by atoms with van der Waals surface area (Å²) in [6.07, 6.45) is 0.447. The van der Waals surface area contributed by atoms with E-state index in [4.69, 9.17) is 5.73 Å². The Morgan fingerprint density at radius 3 is 2.23 bits per heavy atom. The van der Waals surface area contributed by atoms with E-state index < -0.39 is 11.9 Å². The summed E-state index contributed by atoms with van der Waals surface area (Å²) in [5, 5.41) is 11.3. The van der Waals surface area contributed by atoms with Crippen molar-refractivity contribution in [2.75, 3.05) is 20.8 Å². The number of aromatic nitrogens is 4. The maximum atomic E-state index is 11.8. The van der Waals surface area contributed by atoms with Gasteiger partial charge in [-0.3, -0.25) is 0 Å². The number of nitrogens with zero attached hydrogens (tertiary/aromatic N) is 4. The predicted octanol–water partition coefficient (Wildman–Crippen LogP) is -0.263. The maximum absolute atomic E-state index is 11.8. The number of carbonyl (C=O) groups excluding carboxylic acids is 2. The lowest BCUT2D eigenvalue weighted by Gasteiger charge is -2.09. The fourth-order valence-corrected chi connectivity index (χ4v) is 1.90. The van der Waals surface area contributed by atoms with E-state index >= 15 is 0 Å². The van der Waals surface area contributed by atoms with Gasteiger partial charge in [0, 0.05) is 6.42 Å². The summed E-state index contributed by atoms with van der Waals surface area (Å²) in [6, 6.07) is 4.43. The first-order valence-electron chi connectivity index (χ1n) is 6.40. The molecule has 0 bridgehead atoms. The van der Waals surface area contributed by atoms with Crippen molar-refractivity contribution in [1.29, 1.82) is 0 Å². The van der Waals surface area contributed by atoms with Crippen molar-refractivity contribution < 1.29 is 19.1 Å². The quantitative estimate of drug-likeness (QED) is 0.749. The fraction of sp³-hybridized carbons (Fsp3) is 0.308. The van der Waals surface area contributed by atoms with Crippen molar-refractivity contribution in [3.05, 3.63) is 35.2 Å². The zero-order valence-corrected chi connectivity index (χ0v) is 12.1. The summed E-state index contributed by atoms with van der Waals surface area (Å²) in [6.45, 7) is 0.362. The minimum Gasteiger partial charge on any atom is -0.465 e. The number of benzene rings is 1. The van der Waals surface area contributed by atoms with Crippen molar-refractivity contribution in [1.82, 2.24) is 20.2 Å². The number of carbonyl (C=O) groups is 2. The predicted molar refractivity (Wildman–Crippen MR) is 74.6 cm³/mol. The molecule has 0 fully saturated rings. The second-order valence-electron chi connectivity index (χ2n) is 4.30. The number of nitrogens with two attached hydrogens (primary N) is 1. The number of methoxy groups -OCH3 is 2. The van der Waals surface area contributed by atoms with Gasteiger partial charge < -0.3 is 15.2 Å². The molecule has 9 heteroatoms. The van der Waals surface area contributed by atoms with Gasteiger partial charge in [-0.15, -0.1) is 5.10 Å². The standard InChI is InChI=1S/C13H15N5O4/c1-21-12(19)8-5-9(13(20)22-2)7-10(6-8)18-11(3-4-14)15-16-17-18/h5-7H,3-4,14H2,1-2H3. The van der Waals surface area contributed by atoms with Crippen molar-refractivity contribution in [2.24, 2.45) is 5.73 Å². The molecule has 116 valence electrons. The van der Waals surface area contributed by atoms with Crippen LogP contribution in [0.25, 0.3) is 5.69 Å². The summed E-state index contributed by atoms with van der Waals surface area (Å²) >= 11 is 0. The first-order valence-corrected chi connectivity index (χ1v) is 6.40. The van der Waals surface area contributed by atoms with E-state index in [2.05, 4.69) is 25.0 Å². The Bertz CT molecular complexity index is 663. The monoisotopic (exact) mass is 305 g/mol. The van der Waals surface area contributed by atoms with Crippen LogP contribution >= 0.6 is 0 Å². The molecule has 2 aromatic rings. The first-order chi connectivity index (χ1) is 10.6. The molecule has 1 heterocycles. The largest absolute Gasteiger partial charge is 0.465 e. The molecule has 0 unspecified atom stereocenters. The lowest BCUT2D eigenvalue weighted by atomic mass is 10.1. The normalized spacial score (nSPS) is 10.3. The average molecular weight is 305 g/mol. The molecule has 0 saturated heterocycles. The van der Waals surface area contributed by atoms with E-state index in [0.29, 0.717) is 24.5 Å². The second-order valence-corrected chi connectivity index (χ2v) is 4.30. The van der Waals surface area contributed by atoms with Crippen LogP contribution in [0.1, 0.15) is 26.5 Å².